The molecule has 1 N–H and O–H groups in total. The second-order valence-electron chi connectivity index (χ2n) is 6.93. The van der Waals surface area contributed by atoms with Crippen LogP contribution in [0.2, 0.25) is 0 Å². The van der Waals surface area contributed by atoms with Gasteiger partial charge in [0.1, 0.15) is 0 Å². The van der Waals surface area contributed by atoms with E-state index >= 15 is 0 Å². The molecular weight excluding hydrogens is 196 g/mol. The molecule has 0 amide bonds. The van der Waals surface area contributed by atoms with Gasteiger partial charge in [0.2, 0.25) is 0 Å². The van der Waals surface area contributed by atoms with Crippen molar-refractivity contribution < 1.29 is 5.11 Å². The first-order valence-corrected chi connectivity index (χ1v) is 6.83. The first-order chi connectivity index (χ1) is 7.47. The zero-order chi connectivity index (χ0) is 11.7. The van der Waals surface area contributed by atoms with Crippen molar-refractivity contribution >= 4 is 0 Å². The van der Waals surface area contributed by atoms with Crippen molar-refractivity contribution in [1.82, 2.24) is 0 Å². The Kier molecular flexibility index (Phi) is 2.12. The highest BCUT2D eigenvalue weighted by atomic mass is 16.3. The first-order valence-electron chi connectivity index (χ1n) is 6.83. The third-order valence-electron chi connectivity index (χ3n) is 5.93. The topological polar surface area (TPSA) is 20.2 Å². The Morgan fingerprint density at radius 1 is 1.44 bits per heavy atom. The predicted octanol–water partition coefficient (Wildman–Crippen LogP) is 3.24. The van der Waals surface area contributed by atoms with Crippen LogP contribution in [0.25, 0.3) is 0 Å². The van der Waals surface area contributed by atoms with Gasteiger partial charge in [0, 0.05) is 0 Å². The number of aliphatic hydroxyl groups is 1. The number of hydrogen-bond acceptors (Lipinski definition) is 1. The van der Waals surface area contributed by atoms with E-state index in [9.17, 15) is 5.11 Å². The highest BCUT2D eigenvalue weighted by molar-refractivity contribution is 5.31. The molecule has 0 radical (unpaired) electrons. The summed E-state index contributed by atoms with van der Waals surface area (Å²) in [6, 6.07) is 0. The molecule has 16 heavy (non-hydrogen) atoms. The molecule has 4 rings (SSSR count). The number of hydrogen-bond donors (Lipinski definition) is 1. The molecule has 1 heteroatoms. The van der Waals surface area contributed by atoms with Crippen LogP contribution in [0, 0.1) is 35.0 Å². The van der Waals surface area contributed by atoms with Crippen LogP contribution in [0.1, 0.15) is 40.5 Å². The van der Waals surface area contributed by atoms with Crippen LogP contribution in [-0.2, 0) is 0 Å². The molecule has 6 atom stereocenters. The fraction of sp³-hybridized carbons (Fsp3) is 0.867. The molecule has 0 aliphatic heterocycles. The number of rotatable bonds is 1. The van der Waals surface area contributed by atoms with Crippen LogP contribution in [-0.4, -0.2) is 11.2 Å². The smallest absolute Gasteiger partial charge is 0.0760 e. The molecule has 4 bridgehead atoms. The Bertz CT molecular complexity index is 343. The minimum Gasteiger partial charge on any atom is -0.389 e. The fourth-order valence-corrected chi connectivity index (χ4v) is 5.38. The normalized spacial score (nSPS) is 54.6. The maximum absolute atomic E-state index is 10.3. The highest BCUT2D eigenvalue weighted by Crippen LogP contribution is 2.71. The predicted molar refractivity (Wildman–Crippen MR) is 65.9 cm³/mol. The zero-order valence-electron chi connectivity index (χ0n) is 10.9. The van der Waals surface area contributed by atoms with Gasteiger partial charge in [-0.2, -0.15) is 0 Å². The largest absolute Gasteiger partial charge is 0.389 e. The molecule has 90 valence electrons. The second-order valence-corrected chi connectivity index (χ2v) is 6.93. The van der Waals surface area contributed by atoms with E-state index < -0.39 is 0 Å². The minimum absolute atomic E-state index is 0.165. The molecule has 2 saturated carbocycles. The quantitative estimate of drug-likeness (QED) is 0.673. The van der Waals surface area contributed by atoms with Gasteiger partial charge >= 0.3 is 0 Å². The summed E-state index contributed by atoms with van der Waals surface area (Å²) in [5.41, 5.74) is 1.89. The molecule has 0 spiro atoms. The van der Waals surface area contributed by atoms with Crippen molar-refractivity contribution in [2.75, 3.05) is 0 Å². The first kappa shape index (κ1) is 10.8. The van der Waals surface area contributed by atoms with E-state index in [2.05, 4.69) is 33.8 Å². The molecule has 1 nitrogen and oxygen atoms in total. The van der Waals surface area contributed by atoms with Crippen LogP contribution >= 0.6 is 0 Å². The lowest BCUT2D eigenvalue weighted by molar-refractivity contribution is -0.215. The van der Waals surface area contributed by atoms with Gasteiger partial charge in [-0.05, 0) is 54.8 Å². The summed E-state index contributed by atoms with van der Waals surface area (Å²) in [5, 5.41) is 10.3. The lowest BCUT2D eigenvalue weighted by Crippen LogP contribution is -2.67. The van der Waals surface area contributed by atoms with Gasteiger partial charge in [-0.1, -0.05) is 32.4 Å². The Morgan fingerprint density at radius 3 is 2.69 bits per heavy atom. The molecule has 4 aliphatic carbocycles. The zero-order valence-corrected chi connectivity index (χ0v) is 10.9. The van der Waals surface area contributed by atoms with Crippen molar-refractivity contribution in [1.29, 1.82) is 0 Å². The molecular formula is C15H24O. The van der Waals surface area contributed by atoms with Crippen LogP contribution in [0.5, 0.6) is 0 Å². The van der Waals surface area contributed by atoms with Crippen LogP contribution in [0.4, 0.5) is 0 Å². The highest BCUT2D eigenvalue weighted by Gasteiger charge is 2.67. The van der Waals surface area contributed by atoms with Gasteiger partial charge in [0.05, 0.1) is 6.10 Å². The summed E-state index contributed by atoms with van der Waals surface area (Å²) in [7, 11) is 0. The molecule has 0 aromatic heterocycles. The van der Waals surface area contributed by atoms with Crippen molar-refractivity contribution in [2.24, 2.45) is 35.0 Å². The van der Waals surface area contributed by atoms with E-state index in [-0.39, 0.29) is 6.10 Å². The molecule has 0 unspecified atom stereocenters. The lowest BCUT2D eigenvalue weighted by atomic mass is 9.34. The van der Waals surface area contributed by atoms with Gasteiger partial charge < -0.3 is 5.11 Å². The summed E-state index contributed by atoms with van der Waals surface area (Å²) in [5.74, 6) is 3.73. The van der Waals surface area contributed by atoms with Gasteiger partial charge in [0.15, 0.2) is 0 Å². The van der Waals surface area contributed by atoms with E-state index in [0.29, 0.717) is 11.3 Å². The average molecular weight is 220 g/mol. The van der Waals surface area contributed by atoms with Gasteiger partial charge in [-0.3, -0.25) is 0 Å². The van der Waals surface area contributed by atoms with Crippen molar-refractivity contribution in [2.45, 2.75) is 46.6 Å². The van der Waals surface area contributed by atoms with Gasteiger partial charge in [-0.15, -0.1) is 0 Å². The van der Waals surface area contributed by atoms with E-state index in [0.717, 1.165) is 23.7 Å². The van der Waals surface area contributed by atoms with E-state index in [4.69, 9.17) is 0 Å². The summed E-state index contributed by atoms with van der Waals surface area (Å²) in [4.78, 5) is 0. The number of allylic oxidation sites excluding steroid dienone is 1. The van der Waals surface area contributed by atoms with Gasteiger partial charge in [0.25, 0.3) is 0 Å². The van der Waals surface area contributed by atoms with E-state index in [1.54, 1.807) is 0 Å². The van der Waals surface area contributed by atoms with Crippen molar-refractivity contribution in [3.8, 4) is 0 Å². The standard InChI is InChI=1S/C15H24O/c1-8(2)10-5-6-15(4)13-9(3)7-11(16)14(15)12(10)13/h7-8,10-14,16H,5-6H2,1-4H3/t10-,11+,12-,13-,14+,15+/m1/s1. The van der Waals surface area contributed by atoms with Crippen LogP contribution in [0.15, 0.2) is 11.6 Å². The third kappa shape index (κ3) is 1.06. The molecule has 0 heterocycles. The van der Waals surface area contributed by atoms with E-state index in [1.165, 1.54) is 18.4 Å². The van der Waals surface area contributed by atoms with Crippen LogP contribution in [0.3, 0.4) is 0 Å². The SMILES string of the molecule is CC1=C[C@H](O)[C@H]2[C@@H]3[C@@H](C(C)C)CC[C@@]2(C)[C@H]13. The molecule has 0 aromatic rings. The summed E-state index contributed by atoms with van der Waals surface area (Å²) in [6.45, 7) is 9.35. The van der Waals surface area contributed by atoms with Crippen LogP contribution < -0.4 is 0 Å². The Balaban J connectivity index is 1.99. The van der Waals surface area contributed by atoms with Crippen molar-refractivity contribution in [3.63, 3.8) is 0 Å². The Labute approximate surface area is 98.9 Å². The Hall–Kier alpha value is -0.300. The van der Waals surface area contributed by atoms with Gasteiger partial charge in [-0.25, -0.2) is 0 Å². The molecule has 0 saturated heterocycles. The number of fused-ring (bicyclic) bond motifs is 1. The lowest BCUT2D eigenvalue weighted by Gasteiger charge is -2.71. The summed E-state index contributed by atoms with van der Waals surface area (Å²) >= 11 is 0. The van der Waals surface area contributed by atoms with E-state index in [1.807, 2.05) is 0 Å². The van der Waals surface area contributed by atoms with Crippen molar-refractivity contribution in [3.05, 3.63) is 11.6 Å². The number of aliphatic hydroxyl groups excluding tert-OH is 1. The average Bonchev–Trinajstić information content (AvgIpc) is 2.15. The Morgan fingerprint density at radius 2 is 2.12 bits per heavy atom. The maximum Gasteiger partial charge on any atom is 0.0760 e. The summed E-state index contributed by atoms with van der Waals surface area (Å²) < 4.78 is 0. The third-order valence-corrected chi connectivity index (χ3v) is 5.93. The minimum atomic E-state index is -0.165. The second kappa shape index (κ2) is 3.13. The monoisotopic (exact) mass is 220 g/mol. The molecule has 4 aliphatic rings. The molecule has 0 aromatic carbocycles. The maximum atomic E-state index is 10.3. The molecule has 2 fully saturated rings. The summed E-state index contributed by atoms with van der Waals surface area (Å²) in [6.07, 6.45) is 4.66. The fourth-order valence-electron chi connectivity index (χ4n) is 5.38.